The maximum Gasteiger partial charge on any atom is 0.330 e. The zero-order valence-corrected chi connectivity index (χ0v) is 9.68. The Kier molecular flexibility index (Phi) is 4.65. The lowest BCUT2D eigenvalue weighted by molar-refractivity contribution is -0.121. The molecule has 0 radical (unpaired) electrons. The van der Waals surface area contributed by atoms with Crippen molar-refractivity contribution in [3.63, 3.8) is 0 Å². The van der Waals surface area contributed by atoms with Crippen LogP contribution in [0.4, 0.5) is 0 Å². The van der Waals surface area contributed by atoms with Gasteiger partial charge in [0.05, 0.1) is 0 Å². The first-order chi connectivity index (χ1) is 8.06. The SMILES string of the molecule is Cn1ccc(=O)n(CCCCC(=O)NN)c1=O. The molecule has 0 bridgehead atoms. The Bertz CT molecular complexity index is 503. The maximum atomic E-state index is 11.6. The quantitative estimate of drug-likeness (QED) is 0.289. The van der Waals surface area contributed by atoms with Crippen LogP contribution in [0.15, 0.2) is 21.9 Å². The Morgan fingerprint density at radius 1 is 1.41 bits per heavy atom. The first-order valence-corrected chi connectivity index (χ1v) is 5.32. The van der Waals surface area contributed by atoms with Crippen LogP contribution in [0.2, 0.25) is 0 Å². The molecule has 0 unspecified atom stereocenters. The highest BCUT2D eigenvalue weighted by Crippen LogP contribution is 1.95. The Labute approximate surface area is 97.8 Å². The zero-order chi connectivity index (χ0) is 12.8. The van der Waals surface area contributed by atoms with E-state index >= 15 is 0 Å². The number of rotatable bonds is 5. The van der Waals surface area contributed by atoms with Crippen molar-refractivity contribution < 1.29 is 4.79 Å². The summed E-state index contributed by atoms with van der Waals surface area (Å²) < 4.78 is 2.49. The largest absolute Gasteiger partial charge is 0.330 e. The lowest BCUT2D eigenvalue weighted by Gasteiger charge is -2.05. The smallest absolute Gasteiger partial charge is 0.303 e. The summed E-state index contributed by atoms with van der Waals surface area (Å²) in [5, 5.41) is 0. The number of aryl methyl sites for hydroxylation is 1. The van der Waals surface area contributed by atoms with Gasteiger partial charge in [0.1, 0.15) is 0 Å². The van der Waals surface area contributed by atoms with Gasteiger partial charge in [-0.2, -0.15) is 0 Å². The summed E-state index contributed by atoms with van der Waals surface area (Å²) in [7, 11) is 1.58. The highest BCUT2D eigenvalue weighted by molar-refractivity contribution is 5.74. The summed E-state index contributed by atoms with van der Waals surface area (Å²) >= 11 is 0. The fourth-order valence-corrected chi connectivity index (χ4v) is 1.45. The van der Waals surface area contributed by atoms with Gasteiger partial charge in [-0.05, 0) is 12.8 Å². The van der Waals surface area contributed by atoms with Crippen LogP contribution in [0.25, 0.3) is 0 Å². The van der Waals surface area contributed by atoms with Crippen molar-refractivity contribution in [3.05, 3.63) is 33.1 Å². The van der Waals surface area contributed by atoms with E-state index in [4.69, 9.17) is 5.84 Å². The third-order valence-electron chi connectivity index (χ3n) is 2.44. The normalized spacial score (nSPS) is 10.2. The number of hydrogen-bond donors (Lipinski definition) is 2. The molecule has 7 nitrogen and oxygen atoms in total. The molecular weight excluding hydrogens is 224 g/mol. The molecule has 1 amide bonds. The predicted octanol–water partition coefficient (Wildman–Crippen LogP) is -1.29. The molecule has 0 fully saturated rings. The molecule has 0 spiro atoms. The van der Waals surface area contributed by atoms with Gasteiger partial charge in [-0.15, -0.1) is 0 Å². The topological polar surface area (TPSA) is 99.1 Å². The molecule has 0 aliphatic carbocycles. The third kappa shape index (κ3) is 3.56. The Balaban J connectivity index is 2.59. The van der Waals surface area contributed by atoms with E-state index in [-0.39, 0.29) is 17.2 Å². The average molecular weight is 240 g/mol. The minimum atomic E-state index is -0.347. The number of carbonyl (C=O) groups is 1. The van der Waals surface area contributed by atoms with E-state index in [9.17, 15) is 14.4 Å². The molecule has 7 heteroatoms. The van der Waals surface area contributed by atoms with Gasteiger partial charge in [-0.3, -0.25) is 19.6 Å². The van der Waals surface area contributed by atoms with Crippen molar-refractivity contribution in [2.75, 3.05) is 0 Å². The lowest BCUT2D eigenvalue weighted by atomic mass is 10.2. The molecule has 0 saturated carbocycles. The standard InChI is InChI=1S/C10H16N4O3/c1-13-7-5-9(16)14(10(13)17)6-3-2-4-8(15)12-11/h5,7H,2-4,6,11H2,1H3,(H,12,15). The van der Waals surface area contributed by atoms with Crippen molar-refractivity contribution >= 4 is 5.91 Å². The fourth-order valence-electron chi connectivity index (χ4n) is 1.45. The average Bonchev–Trinajstić information content (AvgIpc) is 2.32. The molecule has 1 heterocycles. The van der Waals surface area contributed by atoms with E-state index in [2.05, 4.69) is 0 Å². The fraction of sp³-hybridized carbons (Fsp3) is 0.500. The number of aromatic nitrogens is 2. The van der Waals surface area contributed by atoms with Crippen molar-refractivity contribution in [3.8, 4) is 0 Å². The van der Waals surface area contributed by atoms with Crippen LogP contribution in [0.5, 0.6) is 0 Å². The van der Waals surface area contributed by atoms with Crippen LogP contribution in [0, 0.1) is 0 Å². The van der Waals surface area contributed by atoms with Gasteiger partial charge < -0.3 is 4.57 Å². The summed E-state index contributed by atoms with van der Waals surface area (Å²) in [6.07, 6.45) is 2.88. The molecule has 0 aliphatic rings. The number of hydrogen-bond acceptors (Lipinski definition) is 4. The highest BCUT2D eigenvalue weighted by atomic mass is 16.2. The third-order valence-corrected chi connectivity index (χ3v) is 2.44. The number of hydrazine groups is 1. The van der Waals surface area contributed by atoms with E-state index in [1.54, 1.807) is 7.05 Å². The Morgan fingerprint density at radius 3 is 2.76 bits per heavy atom. The molecule has 0 saturated heterocycles. The second kappa shape index (κ2) is 6.00. The van der Waals surface area contributed by atoms with E-state index in [1.807, 2.05) is 5.43 Å². The van der Waals surface area contributed by atoms with Crippen molar-refractivity contribution in [1.29, 1.82) is 0 Å². The molecule has 0 aromatic carbocycles. The monoisotopic (exact) mass is 240 g/mol. The van der Waals surface area contributed by atoms with E-state index in [0.29, 0.717) is 25.8 Å². The Morgan fingerprint density at radius 2 is 2.12 bits per heavy atom. The molecule has 1 aromatic rings. The summed E-state index contributed by atoms with van der Waals surface area (Å²) in [6, 6.07) is 1.34. The highest BCUT2D eigenvalue weighted by Gasteiger charge is 2.03. The number of amides is 1. The molecule has 0 atom stereocenters. The van der Waals surface area contributed by atoms with Gasteiger partial charge in [-0.25, -0.2) is 10.6 Å². The molecule has 94 valence electrons. The first kappa shape index (κ1) is 13.2. The van der Waals surface area contributed by atoms with Gasteiger partial charge >= 0.3 is 5.69 Å². The van der Waals surface area contributed by atoms with Crippen LogP contribution in [0.1, 0.15) is 19.3 Å². The number of nitrogens with zero attached hydrogens (tertiary/aromatic N) is 2. The summed E-state index contributed by atoms with van der Waals surface area (Å²) in [5.41, 5.74) is 1.35. The molecule has 1 aromatic heterocycles. The van der Waals surface area contributed by atoms with Crippen LogP contribution < -0.4 is 22.5 Å². The number of nitrogens with two attached hydrogens (primary N) is 1. The van der Waals surface area contributed by atoms with Gasteiger partial charge in [-0.1, -0.05) is 0 Å². The van der Waals surface area contributed by atoms with Gasteiger partial charge in [0.15, 0.2) is 0 Å². The zero-order valence-electron chi connectivity index (χ0n) is 9.68. The number of unbranched alkanes of at least 4 members (excludes halogenated alkanes) is 1. The van der Waals surface area contributed by atoms with Gasteiger partial charge in [0.25, 0.3) is 5.56 Å². The van der Waals surface area contributed by atoms with Gasteiger partial charge in [0, 0.05) is 32.3 Å². The van der Waals surface area contributed by atoms with E-state index in [1.165, 1.54) is 16.8 Å². The minimum absolute atomic E-state index is 0.252. The molecule has 0 aliphatic heterocycles. The summed E-state index contributed by atoms with van der Waals surface area (Å²) in [4.78, 5) is 33.9. The van der Waals surface area contributed by atoms with Crippen LogP contribution in [-0.2, 0) is 18.4 Å². The maximum absolute atomic E-state index is 11.6. The predicted molar refractivity (Wildman–Crippen MR) is 62.1 cm³/mol. The van der Waals surface area contributed by atoms with Crippen LogP contribution in [-0.4, -0.2) is 15.0 Å². The number of carbonyl (C=O) groups excluding carboxylic acids is 1. The van der Waals surface area contributed by atoms with Crippen LogP contribution in [0.3, 0.4) is 0 Å². The summed E-state index contributed by atoms with van der Waals surface area (Å²) in [5.74, 6) is 4.67. The lowest BCUT2D eigenvalue weighted by Crippen LogP contribution is -2.38. The van der Waals surface area contributed by atoms with Crippen molar-refractivity contribution in [2.45, 2.75) is 25.8 Å². The van der Waals surface area contributed by atoms with E-state index < -0.39 is 0 Å². The molecule has 3 N–H and O–H groups in total. The first-order valence-electron chi connectivity index (χ1n) is 5.32. The van der Waals surface area contributed by atoms with Crippen molar-refractivity contribution in [1.82, 2.24) is 14.6 Å². The Hall–Kier alpha value is -1.89. The van der Waals surface area contributed by atoms with Crippen molar-refractivity contribution in [2.24, 2.45) is 12.9 Å². The second-order valence-corrected chi connectivity index (χ2v) is 3.72. The minimum Gasteiger partial charge on any atom is -0.303 e. The second-order valence-electron chi connectivity index (χ2n) is 3.72. The van der Waals surface area contributed by atoms with E-state index in [0.717, 1.165) is 4.57 Å². The van der Waals surface area contributed by atoms with Crippen LogP contribution >= 0.6 is 0 Å². The number of nitrogens with one attached hydrogen (secondary N) is 1. The molecule has 1 rings (SSSR count). The molecular formula is C10H16N4O3. The summed E-state index contributed by atoms with van der Waals surface area (Å²) in [6.45, 7) is 0.310. The van der Waals surface area contributed by atoms with Gasteiger partial charge in [0.2, 0.25) is 5.91 Å². The molecule has 17 heavy (non-hydrogen) atoms.